The second kappa shape index (κ2) is 13.9. The Morgan fingerprint density at radius 1 is 1.19 bits per heavy atom. The Morgan fingerprint density at radius 3 is 2.56 bits per heavy atom. The molecule has 0 bridgehead atoms. The lowest BCUT2D eigenvalue weighted by Gasteiger charge is -2.38. The Kier molecular flexibility index (Phi) is 11.6. The summed E-state index contributed by atoms with van der Waals surface area (Å²) >= 11 is 0. The first-order valence-corrected chi connectivity index (χ1v) is 11.8. The normalized spacial score (nSPS) is 17.3. The molecular weight excluding hydrogens is 517 g/mol. The Labute approximate surface area is 210 Å². The smallest absolute Gasteiger partial charge is 0.225 e. The van der Waals surface area contributed by atoms with Crippen LogP contribution in [0.2, 0.25) is 0 Å². The number of guanidine groups is 1. The molecule has 1 saturated carbocycles. The highest BCUT2D eigenvalue weighted by molar-refractivity contribution is 14.0. The molecule has 1 amide bonds. The van der Waals surface area contributed by atoms with Gasteiger partial charge in [0.1, 0.15) is 5.75 Å². The maximum atomic E-state index is 12.4. The molecule has 1 aromatic rings. The number of nitrogens with one attached hydrogen (secondary N) is 2. The average Bonchev–Trinajstić information content (AvgIpc) is 2.74. The van der Waals surface area contributed by atoms with E-state index in [9.17, 15) is 4.79 Å². The zero-order chi connectivity index (χ0) is 22.1. The lowest BCUT2D eigenvalue weighted by Crippen LogP contribution is -2.52. The molecule has 1 aliphatic heterocycles. The second-order valence-corrected chi connectivity index (χ2v) is 8.61. The van der Waals surface area contributed by atoms with Crippen molar-refractivity contribution in [3.63, 3.8) is 0 Å². The number of halogens is 1. The lowest BCUT2D eigenvalue weighted by atomic mass is 9.84. The van der Waals surface area contributed by atoms with Gasteiger partial charge in [-0.05, 0) is 37.8 Å². The van der Waals surface area contributed by atoms with E-state index in [0.29, 0.717) is 18.4 Å². The third kappa shape index (κ3) is 7.79. The molecule has 2 N–H and O–H groups in total. The largest absolute Gasteiger partial charge is 0.493 e. The lowest BCUT2D eigenvalue weighted by molar-refractivity contribution is -0.139. The van der Waals surface area contributed by atoms with Crippen molar-refractivity contribution in [1.29, 1.82) is 0 Å². The number of amides is 1. The number of aryl methyl sites for hydroxylation is 1. The van der Waals surface area contributed by atoms with Crippen LogP contribution < -0.4 is 15.4 Å². The zero-order valence-corrected chi connectivity index (χ0v) is 22.2. The summed E-state index contributed by atoms with van der Waals surface area (Å²) in [4.78, 5) is 21.2. The maximum Gasteiger partial charge on any atom is 0.225 e. The number of carbonyl (C=O) groups excluding carboxylic acids is 1. The number of nitrogens with zero attached hydrogens (tertiary/aromatic N) is 3. The number of benzene rings is 1. The van der Waals surface area contributed by atoms with Crippen LogP contribution in [0.4, 0.5) is 0 Å². The molecule has 8 heteroatoms. The van der Waals surface area contributed by atoms with E-state index in [0.717, 1.165) is 82.4 Å². The summed E-state index contributed by atoms with van der Waals surface area (Å²) < 4.78 is 5.91. The summed E-state index contributed by atoms with van der Waals surface area (Å²) in [5.74, 6) is 2.43. The van der Waals surface area contributed by atoms with Gasteiger partial charge in [-0.2, -0.15) is 0 Å². The molecule has 1 saturated heterocycles. The number of rotatable bonds is 9. The first-order chi connectivity index (χ1) is 15.1. The van der Waals surface area contributed by atoms with E-state index in [1.165, 1.54) is 12.0 Å². The van der Waals surface area contributed by atoms with E-state index in [2.05, 4.69) is 57.5 Å². The minimum Gasteiger partial charge on any atom is -0.493 e. The van der Waals surface area contributed by atoms with Crippen molar-refractivity contribution >= 4 is 35.8 Å². The Morgan fingerprint density at radius 2 is 1.94 bits per heavy atom. The van der Waals surface area contributed by atoms with Crippen LogP contribution in [0.3, 0.4) is 0 Å². The van der Waals surface area contributed by atoms with Gasteiger partial charge in [0.25, 0.3) is 0 Å². The molecule has 1 aromatic carbocycles. The fraction of sp³-hybridized carbons (Fsp3) is 0.667. The molecule has 32 heavy (non-hydrogen) atoms. The average molecular weight is 558 g/mol. The molecular formula is C24H40IN5O2. The van der Waals surface area contributed by atoms with E-state index in [-0.39, 0.29) is 24.0 Å². The number of hydrogen-bond donors (Lipinski definition) is 2. The van der Waals surface area contributed by atoms with Crippen LogP contribution in [0.5, 0.6) is 5.75 Å². The van der Waals surface area contributed by atoms with Gasteiger partial charge >= 0.3 is 0 Å². The fourth-order valence-electron chi connectivity index (χ4n) is 3.99. The number of ether oxygens (including phenoxy) is 1. The predicted molar refractivity (Wildman–Crippen MR) is 141 cm³/mol. The maximum absolute atomic E-state index is 12.4. The second-order valence-electron chi connectivity index (χ2n) is 8.61. The molecule has 0 atom stereocenters. The molecule has 0 radical (unpaired) electrons. The Hall–Kier alpha value is -1.55. The molecule has 2 fully saturated rings. The van der Waals surface area contributed by atoms with Crippen molar-refractivity contribution in [2.24, 2.45) is 10.9 Å². The number of piperazine rings is 1. The highest BCUT2D eigenvalue weighted by Gasteiger charge is 2.30. The molecule has 7 nitrogen and oxygen atoms in total. The van der Waals surface area contributed by atoms with Crippen LogP contribution in [0, 0.1) is 12.8 Å². The summed E-state index contributed by atoms with van der Waals surface area (Å²) in [6.07, 6.45) is 4.38. The third-order valence-corrected chi connectivity index (χ3v) is 6.21. The highest BCUT2D eigenvalue weighted by atomic mass is 127. The van der Waals surface area contributed by atoms with Gasteiger partial charge in [0.2, 0.25) is 5.91 Å². The first kappa shape index (κ1) is 26.7. The van der Waals surface area contributed by atoms with Crippen LogP contribution >= 0.6 is 24.0 Å². The van der Waals surface area contributed by atoms with Crippen LogP contribution in [0.1, 0.15) is 43.7 Å². The van der Waals surface area contributed by atoms with E-state index >= 15 is 0 Å². The minimum absolute atomic E-state index is 0. The van der Waals surface area contributed by atoms with Crippen molar-refractivity contribution in [2.45, 2.75) is 46.1 Å². The Balaban J connectivity index is 0.00000363. The molecule has 1 aliphatic carbocycles. The molecule has 2 aliphatic rings. The monoisotopic (exact) mass is 557 g/mol. The van der Waals surface area contributed by atoms with Gasteiger partial charge in [-0.25, -0.2) is 0 Å². The van der Waals surface area contributed by atoms with E-state index in [4.69, 9.17) is 4.74 Å². The van der Waals surface area contributed by atoms with Crippen molar-refractivity contribution in [3.8, 4) is 5.75 Å². The summed E-state index contributed by atoms with van der Waals surface area (Å²) in [6, 6.07) is 6.32. The summed E-state index contributed by atoms with van der Waals surface area (Å²) in [6.45, 7) is 11.0. The highest BCUT2D eigenvalue weighted by Crippen LogP contribution is 2.28. The Bertz CT molecular complexity index is 746. The first-order valence-electron chi connectivity index (χ1n) is 11.8. The van der Waals surface area contributed by atoms with Gasteiger partial charge in [-0.1, -0.05) is 25.5 Å². The van der Waals surface area contributed by atoms with Crippen LogP contribution in [0.25, 0.3) is 0 Å². The summed E-state index contributed by atoms with van der Waals surface area (Å²) in [5, 5.41) is 6.80. The van der Waals surface area contributed by atoms with Gasteiger partial charge in [-0.3, -0.25) is 14.7 Å². The number of hydrogen-bond acceptors (Lipinski definition) is 4. The van der Waals surface area contributed by atoms with Gasteiger partial charge in [-0.15, -0.1) is 24.0 Å². The van der Waals surface area contributed by atoms with Gasteiger partial charge < -0.3 is 20.3 Å². The van der Waals surface area contributed by atoms with Gasteiger partial charge in [0.05, 0.1) is 6.61 Å². The summed E-state index contributed by atoms with van der Waals surface area (Å²) in [7, 11) is 1.80. The third-order valence-electron chi connectivity index (χ3n) is 6.21. The topological polar surface area (TPSA) is 69.2 Å². The van der Waals surface area contributed by atoms with Crippen molar-refractivity contribution in [1.82, 2.24) is 20.4 Å². The molecule has 3 rings (SSSR count). The van der Waals surface area contributed by atoms with E-state index in [1.54, 1.807) is 7.05 Å². The van der Waals surface area contributed by atoms with Gasteiger partial charge in [0, 0.05) is 64.3 Å². The van der Waals surface area contributed by atoms with Crippen LogP contribution in [-0.2, 0) is 11.3 Å². The molecule has 0 spiro atoms. The van der Waals surface area contributed by atoms with Crippen LogP contribution in [-0.4, -0.2) is 74.6 Å². The fourth-order valence-corrected chi connectivity index (χ4v) is 3.99. The number of aliphatic imine (C=N–C) groups is 1. The molecule has 0 aromatic heterocycles. The minimum atomic E-state index is 0. The van der Waals surface area contributed by atoms with Crippen molar-refractivity contribution in [3.05, 3.63) is 29.3 Å². The van der Waals surface area contributed by atoms with E-state index < -0.39 is 0 Å². The zero-order valence-electron chi connectivity index (χ0n) is 19.9. The quantitative estimate of drug-likeness (QED) is 0.278. The van der Waals surface area contributed by atoms with E-state index in [1.807, 2.05) is 0 Å². The molecule has 180 valence electrons. The molecule has 0 unspecified atom stereocenters. The summed E-state index contributed by atoms with van der Waals surface area (Å²) in [5.41, 5.74) is 2.33. The standard InChI is InChI=1S/C24H39N5O2.HI/c1-4-16-31-22-17-19(2)8-9-21(22)18-27-24(25-3)26-10-11-28-12-14-29(15-13-28)23(30)20-6-5-7-20;/h8-9,17,20H,4-7,10-16,18H2,1-3H3,(H2,25,26,27);1H. The van der Waals surface area contributed by atoms with Crippen LogP contribution in [0.15, 0.2) is 23.2 Å². The van der Waals surface area contributed by atoms with Crippen molar-refractivity contribution < 1.29 is 9.53 Å². The predicted octanol–water partition coefficient (Wildman–Crippen LogP) is 3.01. The SMILES string of the molecule is CCCOc1cc(C)ccc1CNC(=NC)NCCN1CCN(C(=O)C2CCC2)CC1.I. The molecule has 1 heterocycles. The van der Waals surface area contributed by atoms with Gasteiger partial charge in [0.15, 0.2) is 5.96 Å². The number of carbonyl (C=O) groups is 1. The van der Waals surface area contributed by atoms with Crippen molar-refractivity contribution in [2.75, 3.05) is 52.9 Å².